The van der Waals surface area contributed by atoms with E-state index < -0.39 is 15.4 Å². The average molecular weight is 311 g/mol. The SMILES string of the molecule is C[C@](O)(CNC(=O)CCS(=O)(=O)c1ccccc1)C1CC1. The van der Waals surface area contributed by atoms with Crippen molar-refractivity contribution in [2.75, 3.05) is 12.3 Å². The fourth-order valence-electron chi connectivity index (χ4n) is 2.19. The summed E-state index contributed by atoms with van der Waals surface area (Å²) in [7, 11) is -3.44. The fourth-order valence-corrected chi connectivity index (χ4v) is 3.45. The highest BCUT2D eigenvalue weighted by Gasteiger charge is 2.39. The van der Waals surface area contributed by atoms with E-state index >= 15 is 0 Å². The Balaban J connectivity index is 1.81. The van der Waals surface area contributed by atoms with Gasteiger partial charge in [-0.3, -0.25) is 4.79 Å². The summed E-state index contributed by atoms with van der Waals surface area (Å²) in [6.07, 6.45) is 1.86. The van der Waals surface area contributed by atoms with Crippen molar-refractivity contribution in [2.24, 2.45) is 5.92 Å². The number of hydrogen-bond acceptors (Lipinski definition) is 4. The summed E-state index contributed by atoms with van der Waals surface area (Å²) in [6, 6.07) is 8.08. The second kappa shape index (κ2) is 6.15. The minimum Gasteiger partial charge on any atom is -0.388 e. The molecule has 0 aliphatic heterocycles. The Labute approximate surface area is 125 Å². The molecule has 2 N–H and O–H groups in total. The van der Waals surface area contributed by atoms with Crippen LogP contribution in [-0.2, 0) is 14.6 Å². The van der Waals surface area contributed by atoms with E-state index in [0.29, 0.717) is 0 Å². The van der Waals surface area contributed by atoms with Crippen molar-refractivity contribution in [3.63, 3.8) is 0 Å². The van der Waals surface area contributed by atoms with Gasteiger partial charge in [0.2, 0.25) is 5.91 Å². The molecule has 0 heterocycles. The lowest BCUT2D eigenvalue weighted by Gasteiger charge is -2.23. The lowest BCUT2D eigenvalue weighted by Crippen LogP contribution is -2.42. The summed E-state index contributed by atoms with van der Waals surface area (Å²) in [5.41, 5.74) is -0.895. The molecule has 0 bridgehead atoms. The average Bonchev–Trinajstić information content (AvgIpc) is 3.29. The molecule has 0 saturated heterocycles. The van der Waals surface area contributed by atoms with Crippen molar-refractivity contribution >= 4 is 15.7 Å². The van der Waals surface area contributed by atoms with Crippen LogP contribution in [0, 0.1) is 5.92 Å². The van der Waals surface area contributed by atoms with E-state index in [1.54, 1.807) is 25.1 Å². The first-order chi connectivity index (χ1) is 9.81. The summed E-state index contributed by atoms with van der Waals surface area (Å²) >= 11 is 0. The number of aliphatic hydroxyl groups is 1. The highest BCUT2D eigenvalue weighted by atomic mass is 32.2. The number of benzene rings is 1. The van der Waals surface area contributed by atoms with Gasteiger partial charge in [0.1, 0.15) is 0 Å². The summed E-state index contributed by atoms with van der Waals surface area (Å²) in [4.78, 5) is 11.9. The van der Waals surface area contributed by atoms with Crippen LogP contribution in [0.5, 0.6) is 0 Å². The van der Waals surface area contributed by atoms with Crippen molar-refractivity contribution in [2.45, 2.75) is 36.7 Å². The summed E-state index contributed by atoms with van der Waals surface area (Å²) in [6.45, 7) is 1.87. The number of hydrogen-bond donors (Lipinski definition) is 2. The third kappa shape index (κ3) is 4.54. The van der Waals surface area contributed by atoms with E-state index in [1.165, 1.54) is 12.1 Å². The van der Waals surface area contributed by atoms with E-state index in [0.717, 1.165) is 12.8 Å². The van der Waals surface area contributed by atoms with Crippen LogP contribution in [-0.4, -0.2) is 37.3 Å². The molecule has 0 unspecified atom stereocenters. The molecule has 1 aliphatic carbocycles. The van der Waals surface area contributed by atoms with Gasteiger partial charge in [0.15, 0.2) is 9.84 Å². The van der Waals surface area contributed by atoms with Crippen LogP contribution in [0.25, 0.3) is 0 Å². The standard InChI is InChI=1S/C15H21NO4S/c1-15(18,12-7-8-12)11-16-14(17)9-10-21(19,20)13-5-3-2-4-6-13/h2-6,12,18H,7-11H2,1H3,(H,16,17)/t15-/m0/s1. The topological polar surface area (TPSA) is 83.5 Å². The Kier molecular flexibility index (Phi) is 4.68. The largest absolute Gasteiger partial charge is 0.388 e. The zero-order valence-corrected chi connectivity index (χ0v) is 12.9. The molecule has 1 fully saturated rings. The predicted octanol–water partition coefficient (Wildman–Crippen LogP) is 1.13. The van der Waals surface area contributed by atoms with E-state index in [2.05, 4.69) is 5.32 Å². The molecule has 1 aromatic carbocycles. The Hall–Kier alpha value is -1.40. The number of sulfone groups is 1. The molecule has 0 aromatic heterocycles. The van der Waals surface area contributed by atoms with Crippen LogP contribution in [0.1, 0.15) is 26.2 Å². The second-order valence-corrected chi connectivity index (χ2v) is 7.90. The van der Waals surface area contributed by atoms with Gasteiger partial charge in [-0.1, -0.05) is 18.2 Å². The molecule has 5 nitrogen and oxygen atoms in total. The Morgan fingerprint density at radius 3 is 2.52 bits per heavy atom. The van der Waals surface area contributed by atoms with Gasteiger partial charge in [-0.2, -0.15) is 0 Å². The van der Waals surface area contributed by atoms with Gasteiger partial charge in [0, 0.05) is 13.0 Å². The Bertz CT molecular complexity index is 591. The number of amides is 1. The van der Waals surface area contributed by atoms with Crippen LogP contribution >= 0.6 is 0 Å². The van der Waals surface area contributed by atoms with Gasteiger partial charge in [0.05, 0.1) is 16.2 Å². The fraction of sp³-hybridized carbons (Fsp3) is 0.533. The van der Waals surface area contributed by atoms with Gasteiger partial charge in [-0.25, -0.2) is 8.42 Å². The summed E-state index contributed by atoms with van der Waals surface area (Å²) in [5, 5.41) is 12.7. The maximum atomic E-state index is 12.0. The van der Waals surface area contributed by atoms with Crippen molar-refractivity contribution in [3.8, 4) is 0 Å². The molecular weight excluding hydrogens is 290 g/mol. The first-order valence-electron chi connectivity index (χ1n) is 7.08. The molecule has 21 heavy (non-hydrogen) atoms. The van der Waals surface area contributed by atoms with Crippen molar-refractivity contribution in [1.29, 1.82) is 0 Å². The number of nitrogens with one attached hydrogen (secondary N) is 1. The lowest BCUT2D eigenvalue weighted by atomic mass is 10.0. The molecule has 2 rings (SSSR count). The van der Waals surface area contributed by atoms with E-state index in [-0.39, 0.29) is 35.4 Å². The van der Waals surface area contributed by atoms with Gasteiger partial charge < -0.3 is 10.4 Å². The van der Waals surface area contributed by atoms with Gasteiger partial charge >= 0.3 is 0 Å². The molecule has 116 valence electrons. The molecular formula is C15H21NO4S. The van der Waals surface area contributed by atoms with Gasteiger partial charge in [0.25, 0.3) is 0 Å². The zero-order chi connectivity index (χ0) is 15.5. The maximum Gasteiger partial charge on any atom is 0.221 e. The third-order valence-electron chi connectivity index (χ3n) is 3.80. The number of rotatable bonds is 7. The Morgan fingerprint density at radius 1 is 1.33 bits per heavy atom. The third-order valence-corrected chi connectivity index (χ3v) is 5.53. The van der Waals surface area contributed by atoms with E-state index in [9.17, 15) is 18.3 Å². The van der Waals surface area contributed by atoms with Crippen LogP contribution in [0.15, 0.2) is 35.2 Å². The minimum atomic E-state index is -3.44. The van der Waals surface area contributed by atoms with Gasteiger partial charge in [-0.05, 0) is 37.8 Å². The number of carbonyl (C=O) groups is 1. The van der Waals surface area contributed by atoms with E-state index in [4.69, 9.17) is 0 Å². The van der Waals surface area contributed by atoms with Crippen molar-refractivity contribution in [3.05, 3.63) is 30.3 Å². The predicted molar refractivity (Wildman–Crippen MR) is 79.5 cm³/mol. The molecule has 0 radical (unpaired) electrons. The summed E-state index contributed by atoms with van der Waals surface area (Å²) in [5.74, 6) is -0.338. The second-order valence-electron chi connectivity index (χ2n) is 5.79. The van der Waals surface area contributed by atoms with Crippen LogP contribution in [0.4, 0.5) is 0 Å². The molecule has 6 heteroatoms. The maximum absolute atomic E-state index is 12.0. The normalized spacial score (nSPS) is 18.0. The van der Waals surface area contributed by atoms with Gasteiger partial charge in [-0.15, -0.1) is 0 Å². The van der Waals surface area contributed by atoms with Crippen LogP contribution < -0.4 is 5.32 Å². The molecule has 1 amide bonds. The smallest absolute Gasteiger partial charge is 0.221 e. The van der Waals surface area contributed by atoms with Crippen molar-refractivity contribution < 1.29 is 18.3 Å². The minimum absolute atomic E-state index is 0.0992. The summed E-state index contributed by atoms with van der Waals surface area (Å²) < 4.78 is 24.1. The first kappa shape index (κ1) is 16.0. The monoisotopic (exact) mass is 311 g/mol. The quantitative estimate of drug-likeness (QED) is 0.790. The molecule has 1 atom stereocenters. The molecule has 1 saturated carbocycles. The van der Waals surface area contributed by atoms with Crippen molar-refractivity contribution in [1.82, 2.24) is 5.32 Å². The van der Waals surface area contributed by atoms with E-state index in [1.807, 2.05) is 0 Å². The van der Waals surface area contributed by atoms with Crippen LogP contribution in [0.3, 0.4) is 0 Å². The number of carbonyl (C=O) groups excluding carboxylic acids is 1. The zero-order valence-electron chi connectivity index (χ0n) is 12.1. The highest BCUT2D eigenvalue weighted by Crippen LogP contribution is 2.38. The lowest BCUT2D eigenvalue weighted by molar-refractivity contribution is -0.122. The Morgan fingerprint density at radius 2 is 1.95 bits per heavy atom. The first-order valence-corrected chi connectivity index (χ1v) is 8.73. The molecule has 1 aliphatic rings. The highest BCUT2D eigenvalue weighted by molar-refractivity contribution is 7.91. The molecule has 1 aromatic rings. The van der Waals surface area contributed by atoms with Crippen LogP contribution in [0.2, 0.25) is 0 Å². The molecule has 0 spiro atoms.